The summed E-state index contributed by atoms with van der Waals surface area (Å²) in [5.74, 6) is -0.761. The summed E-state index contributed by atoms with van der Waals surface area (Å²) in [6.45, 7) is 8.13. The molecular weight excluding hydrogens is 310 g/mol. The molecule has 2 aromatic rings. The monoisotopic (exact) mass is 337 g/mol. The lowest BCUT2D eigenvalue weighted by molar-refractivity contribution is -0.146. The summed E-state index contributed by atoms with van der Waals surface area (Å²) in [4.78, 5) is 11.4. The fourth-order valence-electron chi connectivity index (χ4n) is 3.76. The van der Waals surface area contributed by atoms with Gasteiger partial charge in [0.05, 0.1) is 11.5 Å². The van der Waals surface area contributed by atoms with Gasteiger partial charge in [-0.1, -0.05) is 56.3 Å². The summed E-state index contributed by atoms with van der Waals surface area (Å²) in [6.07, 6.45) is 1.55. The van der Waals surface area contributed by atoms with E-state index in [0.717, 1.165) is 12.0 Å². The molecule has 1 heterocycles. The SMILES string of the molecule is CC(C)(Cc1cccc(C2Nc3ccccc3CC2(C)C)c1)C(=O)O. The highest BCUT2D eigenvalue weighted by Gasteiger charge is 2.36. The molecule has 2 N–H and O–H groups in total. The van der Waals surface area contributed by atoms with Crippen LogP contribution in [0.3, 0.4) is 0 Å². The smallest absolute Gasteiger partial charge is 0.309 e. The van der Waals surface area contributed by atoms with Crippen molar-refractivity contribution in [1.82, 2.24) is 0 Å². The Bertz CT molecular complexity index is 792. The van der Waals surface area contributed by atoms with Crippen molar-refractivity contribution in [2.75, 3.05) is 5.32 Å². The molecule has 132 valence electrons. The van der Waals surface area contributed by atoms with E-state index in [-0.39, 0.29) is 11.5 Å². The number of hydrogen-bond donors (Lipinski definition) is 2. The maximum Gasteiger partial charge on any atom is 0.309 e. The molecule has 0 aromatic heterocycles. The number of carboxylic acid groups (broad SMARTS) is 1. The lowest BCUT2D eigenvalue weighted by Gasteiger charge is -2.41. The molecule has 0 saturated heterocycles. The van der Waals surface area contributed by atoms with E-state index < -0.39 is 11.4 Å². The highest BCUT2D eigenvalue weighted by atomic mass is 16.4. The second kappa shape index (κ2) is 6.21. The Morgan fingerprint density at radius 3 is 2.64 bits per heavy atom. The van der Waals surface area contributed by atoms with Gasteiger partial charge in [-0.15, -0.1) is 0 Å². The Hall–Kier alpha value is -2.29. The van der Waals surface area contributed by atoms with Crippen LogP contribution in [0.2, 0.25) is 0 Å². The minimum absolute atomic E-state index is 0.0787. The summed E-state index contributed by atoms with van der Waals surface area (Å²) in [5.41, 5.74) is 4.16. The van der Waals surface area contributed by atoms with Crippen LogP contribution in [-0.2, 0) is 17.6 Å². The van der Waals surface area contributed by atoms with Gasteiger partial charge in [0.25, 0.3) is 0 Å². The summed E-state index contributed by atoms with van der Waals surface area (Å²) in [5, 5.41) is 13.1. The van der Waals surface area contributed by atoms with Crippen molar-refractivity contribution in [3.63, 3.8) is 0 Å². The van der Waals surface area contributed by atoms with Gasteiger partial charge >= 0.3 is 5.97 Å². The first-order valence-electron chi connectivity index (χ1n) is 8.86. The topological polar surface area (TPSA) is 49.3 Å². The van der Waals surface area contributed by atoms with Crippen molar-refractivity contribution in [1.29, 1.82) is 0 Å². The number of carboxylic acids is 1. The van der Waals surface area contributed by atoms with E-state index in [2.05, 4.69) is 55.6 Å². The molecular formula is C22H27NO2. The highest BCUT2D eigenvalue weighted by molar-refractivity contribution is 5.74. The number of aliphatic carboxylic acids is 1. The quantitative estimate of drug-likeness (QED) is 0.818. The normalized spacial score (nSPS) is 19.0. The predicted molar refractivity (Wildman–Crippen MR) is 102 cm³/mol. The molecule has 3 nitrogen and oxygen atoms in total. The van der Waals surface area contributed by atoms with Gasteiger partial charge in [-0.05, 0) is 54.9 Å². The largest absolute Gasteiger partial charge is 0.481 e. The minimum atomic E-state index is -0.763. The van der Waals surface area contributed by atoms with Crippen molar-refractivity contribution in [3.05, 3.63) is 65.2 Å². The molecule has 0 aliphatic carbocycles. The Balaban J connectivity index is 1.92. The van der Waals surface area contributed by atoms with Crippen molar-refractivity contribution in [2.24, 2.45) is 10.8 Å². The Kier molecular flexibility index (Phi) is 4.36. The van der Waals surface area contributed by atoms with E-state index in [1.807, 2.05) is 12.1 Å². The van der Waals surface area contributed by atoms with Gasteiger partial charge in [0, 0.05) is 5.69 Å². The summed E-state index contributed by atoms with van der Waals surface area (Å²) >= 11 is 0. The van der Waals surface area contributed by atoms with E-state index in [0.29, 0.717) is 6.42 Å². The molecule has 1 aliphatic heterocycles. The minimum Gasteiger partial charge on any atom is -0.481 e. The van der Waals surface area contributed by atoms with Gasteiger partial charge in [-0.25, -0.2) is 0 Å². The molecule has 3 rings (SSSR count). The highest BCUT2D eigenvalue weighted by Crippen LogP contribution is 2.44. The molecule has 0 bridgehead atoms. The molecule has 0 amide bonds. The van der Waals surface area contributed by atoms with Gasteiger partial charge in [-0.3, -0.25) is 4.79 Å². The number of anilines is 1. The van der Waals surface area contributed by atoms with Gasteiger partial charge in [-0.2, -0.15) is 0 Å². The van der Waals surface area contributed by atoms with Crippen LogP contribution < -0.4 is 5.32 Å². The second-order valence-corrected chi connectivity index (χ2v) is 8.51. The average Bonchev–Trinajstić information content (AvgIpc) is 2.53. The second-order valence-electron chi connectivity index (χ2n) is 8.51. The van der Waals surface area contributed by atoms with Gasteiger partial charge < -0.3 is 10.4 Å². The lowest BCUT2D eigenvalue weighted by Crippen LogP contribution is -2.35. The molecule has 0 radical (unpaired) electrons. The standard InChI is InChI=1S/C22H27NO2/c1-21(2)14-17-9-5-6-11-18(17)23-19(21)16-10-7-8-15(12-16)13-22(3,4)20(24)25/h5-12,19,23H,13-14H2,1-4H3,(H,24,25). The lowest BCUT2D eigenvalue weighted by atomic mass is 9.72. The molecule has 0 spiro atoms. The van der Waals surface area contributed by atoms with Crippen LogP contribution in [-0.4, -0.2) is 11.1 Å². The van der Waals surface area contributed by atoms with Crippen LogP contribution in [0.1, 0.15) is 50.4 Å². The molecule has 1 aliphatic rings. The third-order valence-corrected chi connectivity index (χ3v) is 5.25. The summed E-state index contributed by atoms with van der Waals surface area (Å²) in [6, 6.07) is 17.1. The molecule has 1 unspecified atom stereocenters. The van der Waals surface area contributed by atoms with Crippen molar-refractivity contribution < 1.29 is 9.90 Å². The average molecular weight is 337 g/mol. The number of fused-ring (bicyclic) bond motifs is 1. The van der Waals surface area contributed by atoms with Crippen molar-refractivity contribution >= 4 is 11.7 Å². The number of carbonyl (C=O) groups is 1. The van der Waals surface area contributed by atoms with Gasteiger partial charge in [0.15, 0.2) is 0 Å². The number of benzene rings is 2. The first kappa shape index (κ1) is 17.5. The third kappa shape index (κ3) is 3.55. The molecule has 0 saturated carbocycles. The Labute approximate surface area is 150 Å². The predicted octanol–water partition coefficient (Wildman–Crippen LogP) is 5.08. The fraction of sp³-hybridized carbons (Fsp3) is 0.409. The van der Waals surface area contributed by atoms with E-state index in [1.54, 1.807) is 13.8 Å². The van der Waals surface area contributed by atoms with Crippen molar-refractivity contribution in [2.45, 2.75) is 46.6 Å². The van der Waals surface area contributed by atoms with Crippen LogP contribution in [0.4, 0.5) is 5.69 Å². The zero-order valence-corrected chi connectivity index (χ0v) is 15.5. The third-order valence-electron chi connectivity index (χ3n) is 5.25. The molecule has 1 atom stereocenters. The van der Waals surface area contributed by atoms with E-state index in [9.17, 15) is 9.90 Å². The summed E-state index contributed by atoms with van der Waals surface area (Å²) in [7, 11) is 0. The maximum atomic E-state index is 11.4. The van der Waals surface area contributed by atoms with Crippen molar-refractivity contribution in [3.8, 4) is 0 Å². The fourth-order valence-corrected chi connectivity index (χ4v) is 3.76. The van der Waals surface area contributed by atoms with Gasteiger partial charge in [0.1, 0.15) is 0 Å². The van der Waals surface area contributed by atoms with Crippen LogP contribution >= 0.6 is 0 Å². The first-order valence-corrected chi connectivity index (χ1v) is 8.86. The zero-order valence-electron chi connectivity index (χ0n) is 15.5. The maximum absolute atomic E-state index is 11.4. The Morgan fingerprint density at radius 2 is 1.92 bits per heavy atom. The Morgan fingerprint density at radius 1 is 1.20 bits per heavy atom. The van der Waals surface area contributed by atoms with Crippen LogP contribution in [0, 0.1) is 10.8 Å². The van der Waals surface area contributed by atoms with E-state index >= 15 is 0 Å². The number of rotatable bonds is 4. The number of nitrogens with one attached hydrogen (secondary N) is 1. The zero-order chi connectivity index (χ0) is 18.2. The van der Waals surface area contributed by atoms with Gasteiger partial charge in [0.2, 0.25) is 0 Å². The first-order chi connectivity index (χ1) is 11.7. The van der Waals surface area contributed by atoms with E-state index in [1.165, 1.54) is 16.8 Å². The summed E-state index contributed by atoms with van der Waals surface area (Å²) < 4.78 is 0. The molecule has 2 aromatic carbocycles. The molecule has 0 fully saturated rings. The molecule has 3 heteroatoms. The van der Waals surface area contributed by atoms with Crippen LogP contribution in [0.25, 0.3) is 0 Å². The molecule has 25 heavy (non-hydrogen) atoms. The van der Waals surface area contributed by atoms with Crippen LogP contribution in [0.5, 0.6) is 0 Å². The van der Waals surface area contributed by atoms with Crippen LogP contribution in [0.15, 0.2) is 48.5 Å². The van der Waals surface area contributed by atoms with E-state index in [4.69, 9.17) is 0 Å². The number of para-hydroxylation sites is 1. The number of hydrogen-bond acceptors (Lipinski definition) is 2.